The maximum atomic E-state index is 13.4. The molecule has 0 saturated carbocycles. The van der Waals surface area contributed by atoms with Crippen molar-refractivity contribution in [3.63, 3.8) is 0 Å². The van der Waals surface area contributed by atoms with E-state index in [1.165, 1.54) is 30.4 Å². The number of hydrogen-bond donors (Lipinski definition) is 2. The Kier molecular flexibility index (Phi) is 6.37. The molecule has 30 heavy (non-hydrogen) atoms. The Morgan fingerprint density at radius 1 is 0.967 bits per heavy atom. The van der Waals surface area contributed by atoms with Crippen LogP contribution >= 0.6 is 11.3 Å². The van der Waals surface area contributed by atoms with Crippen LogP contribution in [0.2, 0.25) is 0 Å². The molecule has 0 aliphatic heterocycles. The van der Waals surface area contributed by atoms with Crippen molar-refractivity contribution in [2.24, 2.45) is 0 Å². The summed E-state index contributed by atoms with van der Waals surface area (Å²) < 4.78 is 40.1. The normalized spacial score (nSPS) is 11.5. The van der Waals surface area contributed by atoms with Crippen LogP contribution in [0.15, 0.2) is 66.7 Å². The van der Waals surface area contributed by atoms with Crippen molar-refractivity contribution in [2.75, 3.05) is 10.6 Å². The first-order chi connectivity index (χ1) is 14.2. The summed E-state index contributed by atoms with van der Waals surface area (Å²) in [6.07, 6.45) is -1.97. The average Bonchev–Trinajstić information content (AvgIpc) is 3.16. The summed E-state index contributed by atoms with van der Waals surface area (Å²) in [5.41, 5.74) is -0.392. The Morgan fingerprint density at radius 3 is 2.37 bits per heavy atom. The molecule has 0 fully saturated rings. The molecule has 3 aromatic rings. The lowest BCUT2D eigenvalue weighted by Gasteiger charge is -2.15. The molecular formula is C22H17F3N2O2S. The van der Waals surface area contributed by atoms with Gasteiger partial charge in [0, 0.05) is 28.4 Å². The number of carbonyl (C=O) groups is 2. The van der Waals surface area contributed by atoms with Crippen LogP contribution in [-0.4, -0.2) is 11.8 Å². The Morgan fingerprint density at radius 2 is 1.70 bits per heavy atom. The summed E-state index contributed by atoms with van der Waals surface area (Å²) in [6.45, 7) is 1.20. The summed E-state index contributed by atoms with van der Waals surface area (Å²) >= 11 is 1.46. The lowest BCUT2D eigenvalue weighted by atomic mass is 10.1. The van der Waals surface area contributed by atoms with Gasteiger partial charge in [-0.1, -0.05) is 30.3 Å². The van der Waals surface area contributed by atoms with Gasteiger partial charge < -0.3 is 10.6 Å². The number of thiophene rings is 1. The molecule has 0 spiro atoms. The van der Waals surface area contributed by atoms with E-state index in [1.54, 1.807) is 6.08 Å². The summed E-state index contributed by atoms with van der Waals surface area (Å²) in [6, 6.07) is 16.6. The average molecular weight is 430 g/mol. The molecule has 0 aliphatic carbocycles. The number of benzene rings is 2. The molecule has 3 rings (SSSR count). The summed E-state index contributed by atoms with van der Waals surface area (Å²) in [4.78, 5) is 25.1. The lowest BCUT2D eigenvalue weighted by Crippen LogP contribution is -2.16. The molecule has 8 heteroatoms. The van der Waals surface area contributed by atoms with Gasteiger partial charge in [0.15, 0.2) is 0 Å². The molecule has 0 aliphatic rings. The zero-order chi connectivity index (χ0) is 21.7. The highest BCUT2D eigenvalue weighted by molar-refractivity contribution is 7.16. The topological polar surface area (TPSA) is 58.2 Å². The number of anilines is 2. The van der Waals surface area contributed by atoms with Crippen molar-refractivity contribution in [2.45, 2.75) is 13.1 Å². The Labute approximate surface area is 175 Å². The predicted molar refractivity (Wildman–Crippen MR) is 113 cm³/mol. The first-order valence-electron chi connectivity index (χ1n) is 8.85. The second-order valence-electron chi connectivity index (χ2n) is 6.33. The van der Waals surface area contributed by atoms with Crippen LogP contribution in [0.4, 0.5) is 24.5 Å². The Hall–Kier alpha value is -3.39. The molecule has 4 nitrogen and oxygen atoms in total. The second-order valence-corrected chi connectivity index (χ2v) is 7.45. The molecule has 1 heterocycles. The number of alkyl halides is 3. The Balaban J connectivity index is 1.74. The molecule has 2 N–H and O–H groups in total. The number of halogens is 3. The van der Waals surface area contributed by atoms with Crippen molar-refractivity contribution < 1.29 is 22.8 Å². The van der Waals surface area contributed by atoms with Crippen LogP contribution in [0.5, 0.6) is 0 Å². The maximum absolute atomic E-state index is 13.4. The third kappa shape index (κ3) is 5.57. The molecule has 0 saturated heterocycles. The van der Waals surface area contributed by atoms with Gasteiger partial charge in [-0.05, 0) is 42.0 Å². The van der Waals surface area contributed by atoms with E-state index in [4.69, 9.17) is 0 Å². The fourth-order valence-electron chi connectivity index (χ4n) is 2.70. The highest BCUT2D eigenvalue weighted by Gasteiger charge is 2.34. The lowest BCUT2D eigenvalue weighted by molar-refractivity contribution is -0.137. The quantitative estimate of drug-likeness (QED) is 0.485. The fraction of sp³-hybridized carbons (Fsp3) is 0.0909. The van der Waals surface area contributed by atoms with E-state index in [0.717, 1.165) is 27.5 Å². The number of amides is 2. The maximum Gasteiger partial charge on any atom is 0.418 e. The van der Waals surface area contributed by atoms with Gasteiger partial charge in [0.1, 0.15) is 0 Å². The van der Waals surface area contributed by atoms with Crippen molar-refractivity contribution >= 4 is 40.6 Å². The highest BCUT2D eigenvalue weighted by atomic mass is 32.1. The highest BCUT2D eigenvalue weighted by Crippen LogP contribution is 2.36. The summed E-state index contributed by atoms with van der Waals surface area (Å²) in [5, 5.41) is 4.55. The van der Waals surface area contributed by atoms with Crippen LogP contribution in [0.3, 0.4) is 0 Å². The minimum absolute atomic E-state index is 0.00427. The van der Waals surface area contributed by atoms with E-state index >= 15 is 0 Å². The van der Waals surface area contributed by atoms with E-state index in [2.05, 4.69) is 10.6 Å². The minimum Gasteiger partial charge on any atom is -0.326 e. The number of carbonyl (C=O) groups excluding carboxylic acids is 2. The predicted octanol–water partition coefficient (Wildman–Crippen LogP) is 6.04. The van der Waals surface area contributed by atoms with Gasteiger partial charge in [0.05, 0.1) is 11.3 Å². The van der Waals surface area contributed by atoms with E-state index in [1.807, 2.05) is 42.5 Å². The van der Waals surface area contributed by atoms with Crippen LogP contribution in [0, 0.1) is 0 Å². The largest absolute Gasteiger partial charge is 0.418 e. The van der Waals surface area contributed by atoms with Crippen molar-refractivity contribution in [1.29, 1.82) is 0 Å². The van der Waals surface area contributed by atoms with Gasteiger partial charge in [0.25, 0.3) is 0 Å². The van der Waals surface area contributed by atoms with Gasteiger partial charge in [-0.25, -0.2) is 0 Å². The van der Waals surface area contributed by atoms with Crippen LogP contribution in [-0.2, 0) is 15.8 Å². The zero-order valence-electron chi connectivity index (χ0n) is 15.8. The fourth-order valence-corrected chi connectivity index (χ4v) is 3.62. The SMILES string of the molecule is CC(=O)Nc1ccc(NC(=O)/C=C/c2ccc(-c3ccccc3)s2)c(C(F)(F)F)c1. The minimum atomic E-state index is -4.70. The van der Waals surface area contributed by atoms with Gasteiger partial charge in [-0.3, -0.25) is 9.59 Å². The molecule has 0 bridgehead atoms. The van der Waals surface area contributed by atoms with E-state index in [0.29, 0.717) is 0 Å². The number of nitrogens with one attached hydrogen (secondary N) is 2. The van der Waals surface area contributed by atoms with E-state index < -0.39 is 23.6 Å². The molecule has 0 atom stereocenters. The monoisotopic (exact) mass is 430 g/mol. The van der Waals surface area contributed by atoms with Gasteiger partial charge >= 0.3 is 6.18 Å². The molecule has 0 unspecified atom stereocenters. The first-order valence-corrected chi connectivity index (χ1v) is 9.67. The number of rotatable bonds is 5. The molecule has 0 radical (unpaired) electrons. The third-order valence-electron chi connectivity index (χ3n) is 3.99. The number of hydrogen-bond acceptors (Lipinski definition) is 3. The molecule has 2 aromatic carbocycles. The van der Waals surface area contributed by atoms with Crippen molar-refractivity contribution in [3.05, 3.63) is 77.2 Å². The van der Waals surface area contributed by atoms with Crippen molar-refractivity contribution in [1.82, 2.24) is 0 Å². The molecule has 154 valence electrons. The first kappa shape index (κ1) is 21.3. The second kappa shape index (κ2) is 8.96. The smallest absolute Gasteiger partial charge is 0.326 e. The van der Waals surface area contributed by atoms with Crippen molar-refractivity contribution in [3.8, 4) is 10.4 Å². The van der Waals surface area contributed by atoms with Crippen LogP contribution < -0.4 is 10.6 Å². The molecule has 1 aromatic heterocycles. The molecule has 2 amide bonds. The Bertz CT molecular complexity index is 1090. The molecular weight excluding hydrogens is 413 g/mol. The van der Waals surface area contributed by atoms with E-state index in [9.17, 15) is 22.8 Å². The van der Waals surface area contributed by atoms with Crippen LogP contribution in [0.25, 0.3) is 16.5 Å². The summed E-state index contributed by atoms with van der Waals surface area (Å²) in [5.74, 6) is -1.18. The van der Waals surface area contributed by atoms with Gasteiger partial charge in [-0.2, -0.15) is 13.2 Å². The standard InChI is InChI=1S/C22H17F3N2O2S/c1-14(28)26-16-7-10-19(18(13-16)22(23,24)25)27-21(29)12-9-17-8-11-20(30-17)15-5-3-2-4-6-15/h2-13H,1H3,(H,26,28)(H,27,29)/b12-9+. The zero-order valence-corrected chi connectivity index (χ0v) is 16.6. The third-order valence-corrected chi connectivity index (χ3v) is 5.09. The van der Waals surface area contributed by atoms with Gasteiger partial charge in [0.2, 0.25) is 11.8 Å². The van der Waals surface area contributed by atoms with Crippen LogP contribution in [0.1, 0.15) is 17.4 Å². The van der Waals surface area contributed by atoms with E-state index in [-0.39, 0.29) is 11.4 Å². The van der Waals surface area contributed by atoms with Gasteiger partial charge in [-0.15, -0.1) is 11.3 Å². The summed E-state index contributed by atoms with van der Waals surface area (Å²) in [7, 11) is 0.